The summed E-state index contributed by atoms with van der Waals surface area (Å²) in [6.45, 7) is 2.91. The van der Waals surface area contributed by atoms with Gasteiger partial charge in [-0.2, -0.15) is 0 Å². The van der Waals surface area contributed by atoms with Crippen molar-refractivity contribution in [3.8, 4) is 17.1 Å². The van der Waals surface area contributed by atoms with Crippen LogP contribution in [0.4, 0.5) is 0 Å². The molecule has 3 aromatic rings. The molecule has 2 aromatic carbocycles. The monoisotopic (exact) mass is 300 g/mol. The third-order valence-electron chi connectivity index (χ3n) is 3.36. The summed E-state index contributed by atoms with van der Waals surface area (Å²) in [7, 11) is 0. The molecule has 0 amide bonds. The summed E-state index contributed by atoms with van der Waals surface area (Å²) in [4.78, 5) is 7.85. The SMILES string of the molecule is CCCCOc1ccc(-c2nc3c(Cl)cccc3[nH]2)cc1. The molecule has 0 aliphatic heterocycles. The molecule has 1 heterocycles. The summed E-state index contributed by atoms with van der Waals surface area (Å²) in [5.74, 6) is 1.71. The van der Waals surface area contributed by atoms with Crippen molar-refractivity contribution in [2.45, 2.75) is 19.8 Å². The van der Waals surface area contributed by atoms with Crippen LogP contribution in [0.25, 0.3) is 22.4 Å². The van der Waals surface area contributed by atoms with E-state index in [9.17, 15) is 0 Å². The van der Waals surface area contributed by atoms with E-state index in [4.69, 9.17) is 16.3 Å². The zero-order chi connectivity index (χ0) is 14.7. The Balaban J connectivity index is 1.83. The van der Waals surface area contributed by atoms with Gasteiger partial charge in [0.05, 0.1) is 17.1 Å². The molecule has 0 radical (unpaired) electrons. The summed E-state index contributed by atoms with van der Waals surface area (Å²) >= 11 is 6.15. The number of para-hydroxylation sites is 1. The van der Waals surface area contributed by atoms with Gasteiger partial charge in [0.15, 0.2) is 0 Å². The molecule has 0 bridgehead atoms. The Bertz CT molecular complexity index is 734. The normalized spacial score (nSPS) is 11.0. The largest absolute Gasteiger partial charge is 0.494 e. The first kappa shape index (κ1) is 14.0. The fourth-order valence-electron chi connectivity index (χ4n) is 2.18. The standard InChI is InChI=1S/C17H17ClN2O/c1-2-3-11-21-13-9-7-12(8-10-13)17-19-15-6-4-5-14(18)16(15)20-17/h4-10H,2-3,11H2,1H3,(H,19,20). The molecule has 108 valence electrons. The van der Waals surface area contributed by atoms with Gasteiger partial charge in [0.2, 0.25) is 0 Å². The minimum absolute atomic E-state index is 0.662. The third kappa shape index (κ3) is 3.03. The van der Waals surface area contributed by atoms with Crippen LogP contribution in [-0.4, -0.2) is 16.6 Å². The van der Waals surface area contributed by atoms with Crippen LogP contribution in [0.2, 0.25) is 5.02 Å². The number of rotatable bonds is 5. The van der Waals surface area contributed by atoms with Crippen molar-refractivity contribution in [3.63, 3.8) is 0 Å². The van der Waals surface area contributed by atoms with E-state index in [0.717, 1.165) is 47.6 Å². The number of ether oxygens (including phenoxy) is 1. The van der Waals surface area contributed by atoms with Gasteiger partial charge in [0, 0.05) is 5.56 Å². The summed E-state index contributed by atoms with van der Waals surface area (Å²) in [5.41, 5.74) is 2.77. The predicted molar refractivity (Wildman–Crippen MR) is 86.9 cm³/mol. The van der Waals surface area contributed by atoms with Crippen LogP contribution >= 0.6 is 11.6 Å². The smallest absolute Gasteiger partial charge is 0.138 e. The highest BCUT2D eigenvalue weighted by molar-refractivity contribution is 6.34. The first-order valence-corrected chi connectivity index (χ1v) is 7.53. The lowest BCUT2D eigenvalue weighted by Gasteiger charge is -2.05. The molecule has 3 rings (SSSR count). The average molecular weight is 301 g/mol. The zero-order valence-electron chi connectivity index (χ0n) is 11.9. The van der Waals surface area contributed by atoms with Crippen LogP contribution in [-0.2, 0) is 0 Å². The first-order chi connectivity index (χ1) is 10.3. The lowest BCUT2D eigenvalue weighted by atomic mass is 10.2. The van der Waals surface area contributed by atoms with Gasteiger partial charge < -0.3 is 9.72 Å². The van der Waals surface area contributed by atoms with Crippen molar-refractivity contribution in [2.24, 2.45) is 0 Å². The van der Waals surface area contributed by atoms with Crippen molar-refractivity contribution in [1.82, 2.24) is 9.97 Å². The predicted octanol–water partition coefficient (Wildman–Crippen LogP) is 5.06. The number of hydrogen-bond acceptors (Lipinski definition) is 2. The molecular weight excluding hydrogens is 284 g/mol. The van der Waals surface area contributed by atoms with Gasteiger partial charge in [-0.3, -0.25) is 0 Å². The van der Waals surface area contributed by atoms with Crippen molar-refractivity contribution >= 4 is 22.6 Å². The number of nitrogens with zero attached hydrogens (tertiary/aromatic N) is 1. The second-order valence-corrected chi connectivity index (χ2v) is 5.36. The summed E-state index contributed by atoms with van der Waals surface area (Å²) in [5, 5.41) is 0.662. The molecule has 0 unspecified atom stereocenters. The maximum atomic E-state index is 6.15. The van der Waals surface area contributed by atoms with Crippen LogP contribution in [0.1, 0.15) is 19.8 Å². The number of H-pyrrole nitrogens is 1. The van der Waals surface area contributed by atoms with E-state index in [1.807, 2.05) is 42.5 Å². The maximum absolute atomic E-state index is 6.15. The third-order valence-corrected chi connectivity index (χ3v) is 3.66. The number of unbranched alkanes of at least 4 members (excludes halogenated alkanes) is 1. The molecule has 0 saturated heterocycles. The first-order valence-electron chi connectivity index (χ1n) is 7.15. The second kappa shape index (κ2) is 6.19. The molecular formula is C17H17ClN2O. The average Bonchev–Trinajstić information content (AvgIpc) is 2.94. The van der Waals surface area contributed by atoms with E-state index in [-0.39, 0.29) is 0 Å². The van der Waals surface area contributed by atoms with Gasteiger partial charge >= 0.3 is 0 Å². The van der Waals surface area contributed by atoms with Crippen molar-refractivity contribution < 1.29 is 4.74 Å². The highest BCUT2D eigenvalue weighted by Gasteiger charge is 2.07. The van der Waals surface area contributed by atoms with E-state index in [0.29, 0.717) is 5.02 Å². The highest BCUT2D eigenvalue weighted by atomic mass is 35.5. The van der Waals surface area contributed by atoms with E-state index in [2.05, 4.69) is 16.9 Å². The van der Waals surface area contributed by atoms with Gasteiger partial charge in [-0.05, 0) is 42.8 Å². The Morgan fingerprint density at radius 3 is 2.67 bits per heavy atom. The Morgan fingerprint density at radius 2 is 1.95 bits per heavy atom. The lowest BCUT2D eigenvalue weighted by molar-refractivity contribution is 0.309. The maximum Gasteiger partial charge on any atom is 0.138 e. The van der Waals surface area contributed by atoms with Crippen LogP contribution < -0.4 is 4.74 Å². The van der Waals surface area contributed by atoms with Gasteiger partial charge in [0.25, 0.3) is 0 Å². The summed E-state index contributed by atoms with van der Waals surface area (Å²) < 4.78 is 5.66. The number of aromatic amines is 1. The quantitative estimate of drug-likeness (QED) is 0.669. The van der Waals surface area contributed by atoms with Crippen molar-refractivity contribution in [3.05, 3.63) is 47.5 Å². The number of halogens is 1. The lowest BCUT2D eigenvalue weighted by Crippen LogP contribution is -1.96. The Hall–Kier alpha value is -2.00. The van der Waals surface area contributed by atoms with Crippen LogP contribution in [0.15, 0.2) is 42.5 Å². The fraction of sp³-hybridized carbons (Fsp3) is 0.235. The topological polar surface area (TPSA) is 37.9 Å². The van der Waals surface area contributed by atoms with E-state index in [1.54, 1.807) is 0 Å². The van der Waals surface area contributed by atoms with Gasteiger partial charge in [-0.25, -0.2) is 4.98 Å². The number of hydrogen-bond donors (Lipinski definition) is 1. The number of fused-ring (bicyclic) bond motifs is 1. The van der Waals surface area contributed by atoms with Crippen molar-refractivity contribution in [1.29, 1.82) is 0 Å². The molecule has 1 N–H and O–H groups in total. The van der Waals surface area contributed by atoms with Crippen LogP contribution in [0, 0.1) is 0 Å². The summed E-state index contributed by atoms with van der Waals surface area (Å²) in [6.07, 6.45) is 2.21. The molecule has 21 heavy (non-hydrogen) atoms. The van der Waals surface area contributed by atoms with E-state index in [1.165, 1.54) is 0 Å². The fourth-order valence-corrected chi connectivity index (χ4v) is 2.39. The molecule has 4 heteroatoms. The van der Waals surface area contributed by atoms with Crippen LogP contribution in [0.3, 0.4) is 0 Å². The Kier molecular flexibility index (Phi) is 4.11. The van der Waals surface area contributed by atoms with Gasteiger partial charge in [0.1, 0.15) is 17.1 Å². The van der Waals surface area contributed by atoms with E-state index < -0.39 is 0 Å². The zero-order valence-corrected chi connectivity index (χ0v) is 12.7. The molecule has 3 nitrogen and oxygen atoms in total. The number of nitrogens with one attached hydrogen (secondary N) is 1. The molecule has 0 saturated carbocycles. The van der Waals surface area contributed by atoms with Gasteiger partial charge in [-0.1, -0.05) is 31.0 Å². The molecule has 0 aliphatic carbocycles. The highest BCUT2D eigenvalue weighted by Crippen LogP contribution is 2.26. The number of benzene rings is 2. The molecule has 0 fully saturated rings. The number of imidazole rings is 1. The molecule has 1 aromatic heterocycles. The minimum atomic E-state index is 0.662. The molecule has 0 spiro atoms. The summed E-state index contributed by atoms with van der Waals surface area (Å²) in [6, 6.07) is 13.7. The Labute approximate surface area is 128 Å². The van der Waals surface area contributed by atoms with E-state index >= 15 is 0 Å². The minimum Gasteiger partial charge on any atom is -0.494 e. The van der Waals surface area contributed by atoms with Gasteiger partial charge in [-0.15, -0.1) is 0 Å². The number of aromatic nitrogens is 2. The van der Waals surface area contributed by atoms with Crippen molar-refractivity contribution in [2.75, 3.05) is 6.61 Å². The Morgan fingerprint density at radius 1 is 1.14 bits per heavy atom. The van der Waals surface area contributed by atoms with Crippen LogP contribution in [0.5, 0.6) is 5.75 Å². The second-order valence-electron chi connectivity index (χ2n) is 4.95. The molecule has 0 aliphatic rings. The molecule has 0 atom stereocenters.